The van der Waals surface area contributed by atoms with Crippen LogP contribution in [0, 0.1) is 0 Å². The molecule has 0 atom stereocenters. The number of ether oxygens (including phenoxy) is 2. The summed E-state index contributed by atoms with van der Waals surface area (Å²) < 4.78 is 10.6. The van der Waals surface area contributed by atoms with E-state index in [4.69, 9.17) is 9.47 Å². The first kappa shape index (κ1) is 17.0. The fourth-order valence-corrected chi connectivity index (χ4v) is 2.40. The van der Waals surface area contributed by atoms with Gasteiger partial charge in [-0.25, -0.2) is 4.79 Å². The Kier molecular flexibility index (Phi) is 5.28. The molecule has 0 aromatic carbocycles. The number of aliphatic imine (C=N–C) groups is 1. The second-order valence-electron chi connectivity index (χ2n) is 6.92. The summed E-state index contributed by atoms with van der Waals surface area (Å²) >= 11 is 0. The van der Waals surface area contributed by atoms with E-state index in [-0.39, 0.29) is 6.09 Å². The monoisotopic (exact) mass is 313 g/mol. The van der Waals surface area contributed by atoms with Gasteiger partial charge in [0.1, 0.15) is 11.4 Å². The van der Waals surface area contributed by atoms with Crippen LogP contribution >= 0.6 is 0 Å². The summed E-state index contributed by atoms with van der Waals surface area (Å²) in [6.45, 7) is 8.62. The van der Waals surface area contributed by atoms with Gasteiger partial charge in [-0.2, -0.15) is 0 Å². The molecule has 7 nitrogen and oxygen atoms in total. The molecule has 2 rings (SSSR count). The molecule has 22 heavy (non-hydrogen) atoms. The van der Waals surface area contributed by atoms with Gasteiger partial charge in [0.2, 0.25) is 0 Å². The average Bonchev–Trinajstić information content (AvgIpc) is 2.45. The predicted molar refractivity (Wildman–Crippen MR) is 83.1 cm³/mol. The third-order valence-corrected chi connectivity index (χ3v) is 3.71. The molecule has 0 aliphatic carbocycles. The number of rotatable bonds is 2. The Balaban J connectivity index is 1.83. The van der Waals surface area contributed by atoms with Gasteiger partial charge >= 0.3 is 6.09 Å². The Bertz CT molecular complexity index is 425. The van der Waals surface area contributed by atoms with Crippen molar-refractivity contribution in [3.8, 4) is 0 Å². The highest BCUT2D eigenvalue weighted by molar-refractivity contribution is 5.87. The van der Waals surface area contributed by atoms with Crippen LogP contribution < -0.4 is 5.32 Å². The number of hydrogen-bond donors (Lipinski definition) is 2. The van der Waals surface area contributed by atoms with Crippen molar-refractivity contribution >= 4 is 11.9 Å². The molecule has 7 heteroatoms. The van der Waals surface area contributed by atoms with E-state index in [1.165, 1.54) is 0 Å². The van der Waals surface area contributed by atoms with Crippen LogP contribution in [0.3, 0.4) is 0 Å². The van der Waals surface area contributed by atoms with Gasteiger partial charge in [0.05, 0.1) is 18.7 Å². The first-order chi connectivity index (χ1) is 10.3. The van der Waals surface area contributed by atoms with E-state index in [2.05, 4.69) is 10.3 Å². The predicted octanol–water partition coefficient (Wildman–Crippen LogP) is 0.767. The summed E-state index contributed by atoms with van der Waals surface area (Å²) in [5.74, 6) is 0.719. The topological polar surface area (TPSA) is 83.4 Å². The van der Waals surface area contributed by atoms with E-state index in [9.17, 15) is 9.90 Å². The maximum atomic E-state index is 12.1. The first-order valence-electron chi connectivity index (χ1n) is 7.83. The minimum atomic E-state index is -0.755. The Morgan fingerprint density at radius 1 is 1.45 bits per heavy atom. The lowest BCUT2D eigenvalue weighted by molar-refractivity contribution is -0.0594. The molecule has 0 aromatic heterocycles. The number of aliphatic hydroxyl groups is 1. The molecule has 0 spiro atoms. The number of carbonyl (C=O) groups excluding carboxylic acids is 1. The molecule has 2 aliphatic heterocycles. The Labute approximate surface area is 131 Å². The third-order valence-electron chi connectivity index (χ3n) is 3.71. The summed E-state index contributed by atoms with van der Waals surface area (Å²) in [5, 5.41) is 13.6. The van der Waals surface area contributed by atoms with Crippen molar-refractivity contribution < 1.29 is 19.4 Å². The number of hydrogen-bond acceptors (Lipinski definition) is 6. The van der Waals surface area contributed by atoms with Crippen LogP contribution in [0.25, 0.3) is 0 Å². The van der Waals surface area contributed by atoms with Gasteiger partial charge in [0, 0.05) is 39.1 Å². The van der Waals surface area contributed by atoms with Gasteiger partial charge < -0.3 is 19.9 Å². The second-order valence-corrected chi connectivity index (χ2v) is 6.92. The van der Waals surface area contributed by atoms with Crippen molar-refractivity contribution in [2.75, 3.05) is 39.4 Å². The number of nitrogens with zero attached hydrogens (tertiary/aromatic N) is 2. The average molecular weight is 313 g/mol. The van der Waals surface area contributed by atoms with Gasteiger partial charge in [-0.3, -0.25) is 9.89 Å². The molecule has 0 unspecified atom stereocenters. The lowest BCUT2D eigenvalue weighted by Gasteiger charge is -2.34. The van der Waals surface area contributed by atoms with Gasteiger partial charge in [-0.15, -0.1) is 0 Å². The minimum absolute atomic E-state index is 0.327. The molecule has 1 saturated heterocycles. The SMILES string of the molecule is CC(C)(C)OC(=O)N1CCN=C(NCC2(O)CCOCC2)C1. The smallest absolute Gasteiger partial charge is 0.410 e. The zero-order chi connectivity index (χ0) is 16.2. The normalized spacial score (nSPS) is 22.0. The maximum Gasteiger partial charge on any atom is 0.410 e. The molecule has 0 saturated carbocycles. The molecule has 1 fully saturated rings. The first-order valence-corrected chi connectivity index (χ1v) is 7.83. The highest BCUT2D eigenvalue weighted by atomic mass is 16.6. The molecule has 2 N–H and O–H groups in total. The highest BCUT2D eigenvalue weighted by Gasteiger charge is 2.31. The van der Waals surface area contributed by atoms with Gasteiger partial charge in [-0.1, -0.05) is 0 Å². The van der Waals surface area contributed by atoms with Crippen LogP contribution in [0.2, 0.25) is 0 Å². The molecule has 2 aliphatic rings. The van der Waals surface area contributed by atoms with E-state index >= 15 is 0 Å². The van der Waals surface area contributed by atoms with Crippen LogP contribution in [-0.2, 0) is 9.47 Å². The summed E-state index contributed by atoms with van der Waals surface area (Å²) in [5.41, 5.74) is -1.26. The molecule has 0 aromatic rings. The summed E-state index contributed by atoms with van der Waals surface area (Å²) in [7, 11) is 0. The van der Waals surface area contributed by atoms with Crippen LogP contribution in [0.15, 0.2) is 4.99 Å². The van der Waals surface area contributed by atoms with Crippen LogP contribution in [0.4, 0.5) is 4.79 Å². The van der Waals surface area contributed by atoms with Crippen molar-refractivity contribution in [2.45, 2.75) is 44.8 Å². The zero-order valence-electron chi connectivity index (χ0n) is 13.7. The minimum Gasteiger partial charge on any atom is -0.444 e. The van der Waals surface area contributed by atoms with Crippen LogP contribution in [0.1, 0.15) is 33.6 Å². The summed E-state index contributed by atoms with van der Waals surface area (Å²) in [6, 6.07) is 0. The number of nitrogens with one attached hydrogen (secondary N) is 1. The fourth-order valence-electron chi connectivity index (χ4n) is 2.40. The molecule has 2 heterocycles. The van der Waals surface area contributed by atoms with Crippen LogP contribution in [-0.4, -0.2) is 72.5 Å². The van der Waals surface area contributed by atoms with Crippen molar-refractivity contribution in [3.63, 3.8) is 0 Å². The highest BCUT2D eigenvalue weighted by Crippen LogP contribution is 2.19. The molecular formula is C15H27N3O4. The number of carbonyl (C=O) groups is 1. The van der Waals surface area contributed by atoms with E-state index in [1.807, 2.05) is 20.8 Å². The lowest BCUT2D eigenvalue weighted by Crippen LogP contribution is -2.51. The van der Waals surface area contributed by atoms with E-state index in [1.54, 1.807) is 4.90 Å². The fraction of sp³-hybridized carbons (Fsp3) is 0.867. The molecule has 126 valence electrons. The van der Waals surface area contributed by atoms with E-state index < -0.39 is 11.2 Å². The van der Waals surface area contributed by atoms with Crippen molar-refractivity contribution in [1.29, 1.82) is 0 Å². The molecular weight excluding hydrogens is 286 g/mol. The van der Waals surface area contributed by atoms with Crippen molar-refractivity contribution in [2.24, 2.45) is 4.99 Å². The molecule has 1 amide bonds. The van der Waals surface area contributed by atoms with Crippen molar-refractivity contribution in [3.05, 3.63) is 0 Å². The second kappa shape index (κ2) is 6.83. The van der Waals surface area contributed by atoms with E-state index in [0.29, 0.717) is 52.2 Å². The zero-order valence-corrected chi connectivity index (χ0v) is 13.7. The standard InChI is InChI=1S/C15H27N3O4/c1-14(2,3)22-13(19)18-7-6-16-12(10-18)17-11-15(20)4-8-21-9-5-15/h20H,4-11H2,1-3H3,(H,16,17). The van der Waals surface area contributed by atoms with Gasteiger partial charge in [0.25, 0.3) is 0 Å². The lowest BCUT2D eigenvalue weighted by atomic mass is 9.94. The summed E-state index contributed by atoms with van der Waals surface area (Å²) in [4.78, 5) is 18.1. The van der Waals surface area contributed by atoms with Gasteiger partial charge in [-0.05, 0) is 20.8 Å². The number of amides is 1. The van der Waals surface area contributed by atoms with Crippen molar-refractivity contribution in [1.82, 2.24) is 10.2 Å². The quantitative estimate of drug-likeness (QED) is 0.786. The van der Waals surface area contributed by atoms with E-state index in [0.717, 1.165) is 5.84 Å². The third kappa shape index (κ3) is 5.14. The Morgan fingerprint density at radius 3 is 2.77 bits per heavy atom. The summed E-state index contributed by atoms with van der Waals surface area (Å²) in [6.07, 6.45) is 0.901. The maximum absolute atomic E-state index is 12.1. The Hall–Kier alpha value is -1.34. The van der Waals surface area contributed by atoms with Gasteiger partial charge in [0.15, 0.2) is 0 Å². The van der Waals surface area contributed by atoms with Crippen LogP contribution in [0.5, 0.6) is 0 Å². The number of amidine groups is 1. The largest absolute Gasteiger partial charge is 0.444 e. The molecule has 0 radical (unpaired) electrons. The molecule has 0 bridgehead atoms. The Morgan fingerprint density at radius 2 is 2.14 bits per heavy atom.